The maximum absolute atomic E-state index is 11.7. The van der Waals surface area contributed by atoms with Gasteiger partial charge in [0.1, 0.15) is 5.78 Å². The van der Waals surface area contributed by atoms with Gasteiger partial charge in [0.2, 0.25) is 11.8 Å². The Morgan fingerprint density at radius 1 is 0.538 bits per heavy atom. The number of rotatable bonds is 5. The Morgan fingerprint density at radius 2 is 0.904 bits per heavy atom. The highest BCUT2D eigenvalue weighted by Gasteiger charge is 2.36. The molecule has 1 unspecified atom stereocenters. The normalized spacial score (nSPS) is 21.6. The maximum Gasteiger partial charge on any atom is 0.246 e. The Hall–Kier alpha value is -2.11. The van der Waals surface area contributed by atoms with Crippen molar-refractivity contribution in [2.45, 2.75) is 126 Å². The van der Waals surface area contributed by atoms with Crippen molar-refractivity contribution < 1.29 is 14.4 Å². The molecular formula is C42H81N7O3. The minimum Gasteiger partial charge on any atom is -0.337 e. The summed E-state index contributed by atoms with van der Waals surface area (Å²) in [6, 6.07) is 0.482. The predicted molar refractivity (Wildman–Crippen MR) is 220 cm³/mol. The van der Waals surface area contributed by atoms with Gasteiger partial charge in [-0.2, -0.15) is 0 Å². The molecule has 0 aromatic rings. The van der Waals surface area contributed by atoms with Crippen LogP contribution in [-0.4, -0.2) is 173 Å². The Balaban J connectivity index is 0.000000369. The molecule has 4 heterocycles. The molecule has 1 atom stereocenters. The van der Waals surface area contributed by atoms with Crippen molar-refractivity contribution in [2.24, 2.45) is 5.41 Å². The summed E-state index contributed by atoms with van der Waals surface area (Å²) in [5.74, 6) is 0.425. The summed E-state index contributed by atoms with van der Waals surface area (Å²) in [6.07, 6.45) is 3.53. The Labute approximate surface area is 320 Å². The number of carbonyl (C=O) groups is 3. The van der Waals surface area contributed by atoms with Crippen molar-refractivity contribution in [2.75, 3.05) is 98.2 Å². The molecule has 10 nitrogen and oxygen atoms in total. The molecule has 52 heavy (non-hydrogen) atoms. The zero-order valence-electron chi connectivity index (χ0n) is 36.3. The zero-order valence-corrected chi connectivity index (χ0v) is 36.3. The predicted octanol–water partition coefficient (Wildman–Crippen LogP) is 5.35. The van der Waals surface area contributed by atoms with E-state index in [-0.39, 0.29) is 28.4 Å². The molecule has 4 aliphatic heterocycles. The van der Waals surface area contributed by atoms with E-state index in [0.29, 0.717) is 23.7 Å². The molecule has 0 N–H and O–H groups in total. The lowest BCUT2D eigenvalue weighted by molar-refractivity contribution is -0.130. The molecular weight excluding hydrogens is 651 g/mol. The van der Waals surface area contributed by atoms with Crippen molar-refractivity contribution >= 4 is 17.6 Å². The Kier molecular flexibility index (Phi) is 19.4. The van der Waals surface area contributed by atoms with Crippen LogP contribution in [0, 0.1) is 5.41 Å². The van der Waals surface area contributed by atoms with Gasteiger partial charge in [0.05, 0.1) is 0 Å². The van der Waals surface area contributed by atoms with Crippen LogP contribution in [0.25, 0.3) is 0 Å². The number of Topliss-reactive ketones (excluding diaryl/α,β-unsaturated/α-hetero) is 1. The summed E-state index contributed by atoms with van der Waals surface area (Å²) in [5.41, 5.74) is 1.22. The van der Waals surface area contributed by atoms with E-state index in [1.807, 2.05) is 9.80 Å². The molecule has 0 aliphatic carbocycles. The standard InChI is InChI=1S/C14H25N3O.C12H24N2O.C11H20N2O.C5H12/c1-5-13(18)16-7-6-15-8-9-17(14(2,3)4)11-12(15)10-16;1-11(15)5-6-13-7-9-14(10-8-13)12(2,3)4;1-5-10(14)12-6-8-13(9-7-12)11(2,3)4;1-5(2,3)4/h5,12H,1,6-11H2,2-4H3;5-10H2,1-4H3;5H,1,6-9H2,2-4H3;1-4H3. The number of nitrogens with zero attached hydrogens (tertiary/aromatic N) is 7. The first-order valence-electron chi connectivity index (χ1n) is 19.8. The minimum absolute atomic E-state index is 0.0542. The van der Waals surface area contributed by atoms with Crippen LogP contribution in [0.1, 0.15) is 103 Å². The molecule has 0 radical (unpaired) electrons. The van der Waals surface area contributed by atoms with Gasteiger partial charge in [-0.3, -0.25) is 34.0 Å². The number of hydrogen-bond donors (Lipinski definition) is 0. The average Bonchev–Trinajstić information content (AvgIpc) is 3.05. The van der Waals surface area contributed by atoms with Crippen LogP contribution < -0.4 is 0 Å². The van der Waals surface area contributed by atoms with Crippen molar-refractivity contribution in [3.63, 3.8) is 0 Å². The van der Waals surface area contributed by atoms with Crippen molar-refractivity contribution in [1.29, 1.82) is 0 Å². The first kappa shape index (κ1) is 47.9. The molecule has 2 amide bonds. The van der Waals surface area contributed by atoms with Gasteiger partial charge >= 0.3 is 0 Å². The van der Waals surface area contributed by atoms with Crippen LogP contribution in [0.4, 0.5) is 0 Å². The van der Waals surface area contributed by atoms with Gasteiger partial charge in [0, 0.05) is 127 Å². The lowest BCUT2D eigenvalue weighted by Crippen LogP contribution is -2.65. The SMILES string of the molecule is C=CC(=O)N1CCN(C(C)(C)C)CC1.C=CC(=O)N1CCN2CCN(C(C)(C)C)CC2C1.CC(=O)CCN1CCN(C(C)(C)C)CC1.CC(C)(C)C. The van der Waals surface area contributed by atoms with E-state index >= 15 is 0 Å². The van der Waals surface area contributed by atoms with E-state index in [9.17, 15) is 14.4 Å². The third-order valence-electron chi connectivity index (χ3n) is 9.94. The van der Waals surface area contributed by atoms with Crippen LogP contribution in [-0.2, 0) is 14.4 Å². The number of fused-ring (bicyclic) bond motifs is 1. The number of ketones is 1. The fourth-order valence-corrected chi connectivity index (χ4v) is 6.58. The van der Waals surface area contributed by atoms with Crippen molar-refractivity contribution in [1.82, 2.24) is 34.3 Å². The molecule has 10 heteroatoms. The van der Waals surface area contributed by atoms with E-state index in [4.69, 9.17) is 0 Å². The van der Waals surface area contributed by atoms with Gasteiger partial charge in [0.25, 0.3) is 0 Å². The zero-order chi connectivity index (χ0) is 40.1. The number of piperazine rings is 4. The fraction of sp³-hybridized carbons (Fsp3) is 0.833. The highest BCUT2D eigenvalue weighted by molar-refractivity contribution is 5.87. The summed E-state index contributed by atoms with van der Waals surface area (Å²) in [6.45, 7) is 52.7. The molecule has 0 aromatic carbocycles. The second-order valence-electron chi connectivity index (χ2n) is 19.4. The highest BCUT2D eigenvalue weighted by Crippen LogP contribution is 2.22. The maximum atomic E-state index is 11.7. The molecule has 0 saturated carbocycles. The molecule has 4 fully saturated rings. The van der Waals surface area contributed by atoms with Crippen molar-refractivity contribution in [3.8, 4) is 0 Å². The quantitative estimate of drug-likeness (QED) is 0.351. The Morgan fingerprint density at radius 3 is 1.31 bits per heavy atom. The topological polar surface area (TPSA) is 73.9 Å². The van der Waals surface area contributed by atoms with Crippen LogP contribution in [0.2, 0.25) is 0 Å². The smallest absolute Gasteiger partial charge is 0.246 e. The van der Waals surface area contributed by atoms with Gasteiger partial charge in [-0.15, -0.1) is 0 Å². The third-order valence-corrected chi connectivity index (χ3v) is 9.94. The average molecular weight is 732 g/mol. The van der Waals surface area contributed by atoms with Gasteiger partial charge in [-0.05, 0) is 86.8 Å². The Bertz CT molecular complexity index is 1110. The summed E-state index contributed by atoms with van der Waals surface area (Å²) in [5, 5.41) is 0. The van der Waals surface area contributed by atoms with E-state index in [1.54, 1.807) is 6.92 Å². The fourth-order valence-electron chi connectivity index (χ4n) is 6.58. The van der Waals surface area contributed by atoms with E-state index in [0.717, 1.165) is 98.2 Å². The number of hydrogen-bond acceptors (Lipinski definition) is 8. The van der Waals surface area contributed by atoms with Crippen molar-refractivity contribution in [3.05, 3.63) is 25.3 Å². The molecule has 4 rings (SSSR count). The van der Waals surface area contributed by atoms with Gasteiger partial charge < -0.3 is 14.7 Å². The molecule has 0 bridgehead atoms. The molecule has 4 saturated heterocycles. The van der Waals surface area contributed by atoms with Crippen LogP contribution in [0.15, 0.2) is 25.3 Å². The van der Waals surface area contributed by atoms with Crippen LogP contribution in [0.5, 0.6) is 0 Å². The summed E-state index contributed by atoms with van der Waals surface area (Å²) < 4.78 is 0. The second kappa shape index (κ2) is 21.1. The first-order valence-corrected chi connectivity index (χ1v) is 19.8. The summed E-state index contributed by atoms with van der Waals surface area (Å²) in [4.78, 5) is 50.0. The largest absolute Gasteiger partial charge is 0.337 e. The van der Waals surface area contributed by atoms with Crippen LogP contribution >= 0.6 is 0 Å². The third kappa shape index (κ3) is 18.8. The number of amides is 2. The highest BCUT2D eigenvalue weighted by atomic mass is 16.2. The van der Waals surface area contributed by atoms with E-state index in [2.05, 4.69) is 128 Å². The van der Waals surface area contributed by atoms with E-state index < -0.39 is 0 Å². The number of carbonyl (C=O) groups excluding carboxylic acids is 3. The first-order chi connectivity index (χ1) is 23.8. The monoisotopic (exact) mass is 732 g/mol. The minimum atomic E-state index is 0.0542. The molecule has 302 valence electrons. The summed E-state index contributed by atoms with van der Waals surface area (Å²) in [7, 11) is 0. The van der Waals surface area contributed by atoms with Gasteiger partial charge in [0.15, 0.2) is 0 Å². The van der Waals surface area contributed by atoms with Gasteiger partial charge in [-0.1, -0.05) is 40.9 Å². The van der Waals surface area contributed by atoms with E-state index in [1.165, 1.54) is 12.2 Å². The lowest BCUT2D eigenvalue weighted by atomic mass is 10.0. The van der Waals surface area contributed by atoms with Crippen LogP contribution in [0.3, 0.4) is 0 Å². The molecule has 0 aromatic heterocycles. The second-order valence-corrected chi connectivity index (χ2v) is 19.4. The van der Waals surface area contributed by atoms with Gasteiger partial charge in [-0.25, -0.2) is 0 Å². The molecule has 0 spiro atoms. The lowest BCUT2D eigenvalue weighted by Gasteiger charge is -2.50. The molecule has 4 aliphatic rings. The summed E-state index contributed by atoms with van der Waals surface area (Å²) >= 11 is 0.